The van der Waals surface area contributed by atoms with Gasteiger partial charge in [-0.1, -0.05) is 72.7 Å². The standard InChI is InChI=1S/C30H42N4O5/c1-16(2)20(15-17(3)28(38)39)33(9)27(37)23(29(4,5)6)32-25(35)24-30(7,8)21-18-13-11-12-14-19(18)31-22(21)26(36)34(24)10/h11-16,20,23-24,31H,1-10H3,(H,32,35)(H,38,39)/b17-15+/t20-,23-,24-/m1/s1. The van der Waals surface area contributed by atoms with Crippen molar-refractivity contribution in [3.8, 4) is 0 Å². The van der Waals surface area contributed by atoms with Gasteiger partial charge in [-0.05, 0) is 29.9 Å². The van der Waals surface area contributed by atoms with Crippen molar-refractivity contribution >= 4 is 34.6 Å². The minimum absolute atomic E-state index is 0.0640. The number of H-pyrrole nitrogens is 1. The van der Waals surface area contributed by atoms with Crippen molar-refractivity contribution in [2.24, 2.45) is 11.3 Å². The zero-order valence-corrected chi connectivity index (χ0v) is 24.7. The molecular weight excluding hydrogens is 496 g/mol. The third-order valence-electron chi connectivity index (χ3n) is 7.84. The van der Waals surface area contributed by atoms with E-state index in [0.29, 0.717) is 5.69 Å². The number of likely N-dealkylation sites (N-methyl/N-ethyl adjacent to an activating group) is 2. The van der Waals surface area contributed by atoms with Crippen LogP contribution < -0.4 is 5.32 Å². The number of carbonyl (C=O) groups excluding carboxylic acids is 3. The summed E-state index contributed by atoms with van der Waals surface area (Å²) in [7, 11) is 3.24. The molecule has 0 aliphatic carbocycles. The van der Waals surface area contributed by atoms with E-state index < -0.39 is 40.8 Å². The topological polar surface area (TPSA) is 123 Å². The number of amides is 3. The average molecular weight is 539 g/mol. The molecule has 0 fully saturated rings. The number of carbonyl (C=O) groups is 4. The van der Waals surface area contributed by atoms with Crippen molar-refractivity contribution in [2.75, 3.05) is 14.1 Å². The molecule has 1 aliphatic rings. The molecule has 212 valence electrons. The minimum Gasteiger partial charge on any atom is -0.478 e. The second-order valence-electron chi connectivity index (χ2n) is 12.6. The maximum Gasteiger partial charge on any atom is 0.331 e. The van der Waals surface area contributed by atoms with E-state index in [-0.39, 0.29) is 23.3 Å². The molecule has 3 N–H and O–H groups in total. The molecule has 2 aromatic rings. The summed E-state index contributed by atoms with van der Waals surface area (Å²) >= 11 is 0. The lowest BCUT2D eigenvalue weighted by Crippen LogP contribution is -2.64. The van der Waals surface area contributed by atoms with Gasteiger partial charge in [-0.2, -0.15) is 0 Å². The summed E-state index contributed by atoms with van der Waals surface area (Å²) in [6, 6.07) is 5.37. The van der Waals surface area contributed by atoms with Gasteiger partial charge < -0.3 is 25.2 Å². The van der Waals surface area contributed by atoms with E-state index in [1.165, 1.54) is 16.7 Å². The molecule has 0 saturated carbocycles. The fraction of sp³-hybridized carbons (Fsp3) is 0.533. The Balaban J connectivity index is 2.00. The molecule has 9 heteroatoms. The van der Waals surface area contributed by atoms with Gasteiger partial charge in [0.1, 0.15) is 17.8 Å². The molecule has 3 atom stereocenters. The van der Waals surface area contributed by atoms with Crippen LogP contribution in [0.1, 0.15) is 71.4 Å². The Labute approximate surface area is 230 Å². The summed E-state index contributed by atoms with van der Waals surface area (Å²) < 4.78 is 0. The Morgan fingerprint density at radius 1 is 1.18 bits per heavy atom. The smallest absolute Gasteiger partial charge is 0.331 e. The monoisotopic (exact) mass is 538 g/mol. The van der Waals surface area contributed by atoms with Crippen LogP contribution in [0.15, 0.2) is 35.9 Å². The summed E-state index contributed by atoms with van der Waals surface area (Å²) in [6.07, 6.45) is 1.57. The van der Waals surface area contributed by atoms with E-state index in [4.69, 9.17) is 0 Å². The Morgan fingerprint density at radius 3 is 2.31 bits per heavy atom. The maximum absolute atomic E-state index is 14.0. The average Bonchev–Trinajstić information content (AvgIpc) is 3.23. The summed E-state index contributed by atoms with van der Waals surface area (Å²) in [5, 5.41) is 13.3. The van der Waals surface area contributed by atoms with Gasteiger partial charge in [0.05, 0.1) is 6.04 Å². The summed E-state index contributed by atoms with van der Waals surface area (Å²) in [4.78, 5) is 59.0. The van der Waals surface area contributed by atoms with Crippen molar-refractivity contribution in [3.05, 3.63) is 47.2 Å². The second kappa shape index (κ2) is 10.5. The van der Waals surface area contributed by atoms with Gasteiger partial charge in [0.2, 0.25) is 11.8 Å². The van der Waals surface area contributed by atoms with Gasteiger partial charge in [-0.15, -0.1) is 0 Å². The number of aliphatic carboxylic acids is 1. The van der Waals surface area contributed by atoms with Gasteiger partial charge in [-0.25, -0.2) is 4.79 Å². The Hall–Kier alpha value is -3.62. The first-order valence-corrected chi connectivity index (χ1v) is 13.3. The summed E-state index contributed by atoms with van der Waals surface area (Å²) in [5.41, 5.74) is 0.792. The van der Waals surface area contributed by atoms with E-state index >= 15 is 0 Å². The minimum atomic E-state index is -1.05. The number of carboxylic acid groups (broad SMARTS) is 1. The molecule has 3 amide bonds. The van der Waals surface area contributed by atoms with E-state index in [1.54, 1.807) is 20.2 Å². The van der Waals surface area contributed by atoms with Crippen LogP contribution in [0.4, 0.5) is 0 Å². The van der Waals surface area contributed by atoms with E-state index in [0.717, 1.165) is 16.5 Å². The van der Waals surface area contributed by atoms with Crippen LogP contribution in [-0.2, 0) is 19.8 Å². The molecule has 1 aromatic heterocycles. The number of carboxylic acids is 1. The molecule has 3 rings (SSSR count). The van der Waals surface area contributed by atoms with Crippen LogP contribution in [0.3, 0.4) is 0 Å². The lowest BCUT2D eigenvalue weighted by atomic mass is 9.72. The van der Waals surface area contributed by atoms with Crippen LogP contribution in [0.5, 0.6) is 0 Å². The number of para-hydroxylation sites is 1. The van der Waals surface area contributed by atoms with Crippen LogP contribution in [0.2, 0.25) is 0 Å². The van der Waals surface area contributed by atoms with E-state index in [9.17, 15) is 24.3 Å². The van der Waals surface area contributed by atoms with E-state index in [2.05, 4.69) is 10.3 Å². The highest BCUT2D eigenvalue weighted by molar-refractivity contribution is 6.06. The van der Waals surface area contributed by atoms with Crippen molar-refractivity contribution in [1.29, 1.82) is 0 Å². The molecule has 0 radical (unpaired) electrons. The van der Waals surface area contributed by atoms with Gasteiger partial charge in [0.15, 0.2) is 0 Å². The third kappa shape index (κ3) is 5.44. The number of nitrogens with zero attached hydrogens (tertiary/aromatic N) is 2. The normalized spacial score (nSPS) is 19.1. The largest absolute Gasteiger partial charge is 0.478 e. The van der Waals surface area contributed by atoms with Crippen molar-refractivity contribution < 1.29 is 24.3 Å². The first-order chi connectivity index (χ1) is 17.9. The number of hydrogen-bond donors (Lipinski definition) is 3. The van der Waals surface area contributed by atoms with Crippen LogP contribution in [0, 0.1) is 11.3 Å². The highest BCUT2D eigenvalue weighted by atomic mass is 16.4. The van der Waals surface area contributed by atoms with E-state index in [1.807, 2.05) is 72.7 Å². The predicted octanol–water partition coefficient (Wildman–Crippen LogP) is 3.94. The quantitative estimate of drug-likeness (QED) is 0.461. The molecule has 0 spiro atoms. The van der Waals surface area contributed by atoms with Crippen LogP contribution >= 0.6 is 0 Å². The van der Waals surface area contributed by atoms with Crippen molar-refractivity contribution in [3.63, 3.8) is 0 Å². The number of benzene rings is 1. The van der Waals surface area contributed by atoms with Crippen LogP contribution in [-0.4, -0.2) is 75.8 Å². The Kier molecular flexibility index (Phi) is 8.06. The number of aromatic nitrogens is 1. The predicted molar refractivity (Wildman–Crippen MR) is 151 cm³/mol. The molecule has 39 heavy (non-hydrogen) atoms. The van der Waals surface area contributed by atoms with Gasteiger partial charge >= 0.3 is 5.97 Å². The van der Waals surface area contributed by atoms with Crippen molar-refractivity contribution in [2.45, 2.75) is 78.9 Å². The zero-order valence-electron chi connectivity index (χ0n) is 24.7. The molecule has 1 aromatic carbocycles. The molecule has 0 bridgehead atoms. The summed E-state index contributed by atoms with van der Waals surface area (Å²) in [6.45, 7) is 14.8. The highest BCUT2D eigenvalue weighted by Crippen LogP contribution is 2.42. The number of hydrogen-bond acceptors (Lipinski definition) is 4. The van der Waals surface area contributed by atoms with Crippen LogP contribution in [0.25, 0.3) is 10.9 Å². The highest BCUT2D eigenvalue weighted by Gasteiger charge is 2.50. The number of nitrogens with one attached hydrogen (secondary N) is 2. The molecular formula is C30H42N4O5. The Morgan fingerprint density at radius 2 is 1.77 bits per heavy atom. The molecule has 9 nitrogen and oxygen atoms in total. The van der Waals surface area contributed by atoms with Gasteiger partial charge in [0.25, 0.3) is 5.91 Å². The number of aromatic amines is 1. The Bertz CT molecular complexity index is 1330. The first-order valence-electron chi connectivity index (χ1n) is 13.3. The molecule has 0 saturated heterocycles. The zero-order chi connectivity index (χ0) is 29.6. The number of rotatable bonds is 7. The fourth-order valence-electron chi connectivity index (χ4n) is 5.69. The number of fused-ring (bicyclic) bond motifs is 3. The third-order valence-corrected chi connectivity index (χ3v) is 7.84. The molecule has 2 heterocycles. The lowest BCUT2D eigenvalue weighted by Gasteiger charge is -2.45. The van der Waals surface area contributed by atoms with Gasteiger partial charge in [-0.3, -0.25) is 14.4 Å². The summed E-state index contributed by atoms with van der Waals surface area (Å²) in [5.74, 6) is -2.16. The fourth-order valence-corrected chi connectivity index (χ4v) is 5.69. The van der Waals surface area contributed by atoms with Crippen molar-refractivity contribution in [1.82, 2.24) is 20.1 Å². The van der Waals surface area contributed by atoms with Gasteiger partial charge in [0, 0.05) is 36.0 Å². The molecule has 1 aliphatic heterocycles. The SMILES string of the molecule is C/C(=C\[C@H](C(C)C)N(C)C(=O)[C@@H](NC(=O)[C@H]1N(C)C(=O)c2[nH]c3ccccc3c2C1(C)C)C(C)(C)C)C(=O)O. The molecule has 0 unspecified atom stereocenters. The first kappa shape index (κ1) is 29.9. The second-order valence-corrected chi connectivity index (χ2v) is 12.6. The maximum atomic E-state index is 14.0. The lowest BCUT2D eigenvalue weighted by molar-refractivity contribution is -0.141.